The molecule has 0 radical (unpaired) electrons. The molecule has 0 unspecified atom stereocenters. The van der Waals surface area contributed by atoms with E-state index in [4.69, 9.17) is 4.74 Å². The van der Waals surface area contributed by atoms with Gasteiger partial charge in [0.25, 0.3) is 11.5 Å². The molecule has 0 aliphatic carbocycles. The number of amides is 1. The lowest BCUT2D eigenvalue weighted by Gasteiger charge is -2.36. The minimum Gasteiger partial charge on any atom is -0.383 e. The number of ether oxygens (including phenoxy) is 1. The van der Waals surface area contributed by atoms with Crippen molar-refractivity contribution >= 4 is 22.5 Å². The Kier molecular flexibility index (Phi) is 5.07. The van der Waals surface area contributed by atoms with Crippen molar-refractivity contribution in [1.82, 2.24) is 24.6 Å². The van der Waals surface area contributed by atoms with Gasteiger partial charge in [-0.05, 0) is 18.2 Å². The van der Waals surface area contributed by atoms with Crippen LogP contribution in [-0.4, -0.2) is 70.5 Å². The summed E-state index contributed by atoms with van der Waals surface area (Å²) < 4.78 is 6.59. The maximum absolute atomic E-state index is 12.6. The summed E-state index contributed by atoms with van der Waals surface area (Å²) in [5.41, 5.74) is 2.19. The number of aromatic amines is 1. The van der Waals surface area contributed by atoms with Gasteiger partial charge in [0.15, 0.2) is 0 Å². The number of aromatic nitrogens is 4. The van der Waals surface area contributed by atoms with Crippen LogP contribution in [0, 0.1) is 0 Å². The van der Waals surface area contributed by atoms with Crippen LogP contribution in [0.15, 0.2) is 41.7 Å². The molecule has 28 heavy (non-hydrogen) atoms. The van der Waals surface area contributed by atoms with Gasteiger partial charge >= 0.3 is 0 Å². The monoisotopic (exact) mass is 382 g/mol. The Balaban J connectivity index is 1.48. The average Bonchev–Trinajstić information content (AvgIpc) is 3.27. The first-order valence-electron chi connectivity index (χ1n) is 9.18. The highest BCUT2D eigenvalue weighted by molar-refractivity contribution is 5.93. The van der Waals surface area contributed by atoms with Crippen molar-refractivity contribution in [2.24, 2.45) is 0 Å². The molecule has 0 saturated carbocycles. The van der Waals surface area contributed by atoms with Crippen LogP contribution in [-0.2, 0) is 11.3 Å². The first kappa shape index (κ1) is 18.2. The van der Waals surface area contributed by atoms with E-state index in [0.717, 1.165) is 18.8 Å². The zero-order chi connectivity index (χ0) is 19.5. The summed E-state index contributed by atoms with van der Waals surface area (Å²) in [5, 5.41) is 7.10. The Morgan fingerprint density at radius 1 is 1.25 bits per heavy atom. The normalized spacial score (nSPS) is 14.6. The summed E-state index contributed by atoms with van der Waals surface area (Å²) in [4.78, 5) is 33.4. The van der Waals surface area contributed by atoms with Crippen LogP contribution in [0.2, 0.25) is 0 Å². The van der Waals surface area contributed by atoms with Gasteiger partial charge < -0.3 is 14.5 Å². The maximum atomic E-state index is 12.6. The van der Waals surface area contributed by atoms with Crippen LogP contribution >= 0.6 is 0 Å². The third-order valence-corrected chi connectivity index (χ3v) is 5.02. The highest BCUT2D eigenvalue weighted by Crippen LogP contribution is 2.21. The van der Waals surface area contributed by atoms with Gasteiger partial charge in [-0.3, -0.25) is 19.3 Å². The highest BCUT2D eigenvalue weighted by Gasteiger charge is 2.23. The van der Waals surface area contributed by atoms with Crippen LogP contribution in [0.4, 0.5) is 5.69 Å². The van der Waals surface area contributed by atoms with E-state index in [1.807, 2.05) is 23.1 Å². The Labute approximate surface area is 161 Å². The minimum atomic E-state index is -0.0656. The Morgan fingerprint density at radius 3 is 2.79 bits per heavy atom. The van der Waals surface area contributed by atoms with Gasteiger partial charge in [0.05, 0.1) is 42.1 Å². The number of hydrogen-bond donors (Lipinski definition) is 1. The third-order valence-electron chi connectivity index (χ3n) is 5.02. The summed E-state index contributed by atoms with van der Waals surface area (Å²) in [5.74, 6) is -0.00909. The Morgan fingerprint density at radius 2 is 2.07 bits per heavy atom. The van der Waals surface area contributed by atoms with Crippen LogP contribution < -0.4 is 10.5 Å². The average molecular weight is 382 g/mol. The second-order valence-electron chi connectivity index (χ2n) is 6.70. The number of carbonyl (C=O) groups is 1. The lowest BCUT2D eigenvalue weighted by molar-refractivity contribution is 0.0747. The zero-order valence-electron chi connectivity index (χ0n) is 15.7. The SMILES string of the molecule is COCCn1cnc2cc(N3CCN(C(=O)c4cn[nH]c4)CC3)ccc2c1=O. The lowest BCUT2D eigenvalue weighted by atomic mass is 10.2. The third kappa shape index (κ3) is 3.48. The standard InChI is InChI=1S/C19H22N6O3/c1-28-9-8-25-13-20-17-10-15(2-3-16(17)19(25)27)23-4-6-24(7-5-23)18(26)14-11-21-22-12-14/h2-3,10-13H,4-9H2,1H3,(H,21,22). The van der Waals surface area contributed by atoms with E-state index in [1.165, 1.54) is 0 Å². The number of nitrogens with zero attached hydrogens (tertiary/aromatic N) is 5. The van der Waals surface area contributed by atoms with E-state index in [0.29, 0.717) is 42.7 Å². The number of anilines is 1. The molecule has 4 rings (SSSR count). The molecule has 1 aromatic carbocycles. The molecule has 2 aromatic heterocycles. The fourth-order valence-electron chi connectivity index (χ4n) is 3.41. The number of methoxy groups -OCH3 is 1. The number of fused-ring (bicyclic) bond motifs is 1. The van der Waals surface area contributed by atoms with E-state index in [-0.39, 0.29) is 11.5 Å². The topological polar surface area (TPSA) is 96.3 Å². The van der Waals surface area contributed by atoms with Crippen LogP contribution in [0.3, 0.4) is 0 Å². The Bertz CT molecular complexity index is 1020. The van der Waals surface area contributed by atoms with Crippen LogP contribution in [0.5, 0.6) is 0 Å². The molecule has 3 aromatic rings. The second-order valence-corrected chi connectivity index (χ2v) is 6.70. The van der Waals surface area contributed by atoms with E-state index in [9.17, 15) is 9.59 Å². The molecular formula is C19H22N6O3. The Hall–Kier alpha value is -3.20. The first-order valence-corrected chi connectivity index (χ1v) is 9.18. The molecule has 146 valence electrons. The minimum absolute atomic E-state index is 0.00909. The molecule has 1 saturated heterocycles. The molecule has 1 amide bonds. The number of carbonyl (C=O) groups excluding carboxylic acids is 1. The van der Waals surface area contributed by atoms with Gasteiger partial charge in [0.2, 0.25) is 0 Å². The van der Waals surface area contributed by atoms with Crippen molar-refractivity contribution in [2.45, 2.75) is 6.54 Å². The molecule has 9 heteroatoms. The predicted molar refractivity (Wildman–Crippen MR) is 105 cm³/mol. The van der Waals surface area contributed by atoms with Gasteiger partial charge in [-0.15, -0.1) is 0 Å². The van der Waals surface area contributed by atoms with Crippen molar-refractivity contribution in [2.75, 3.05) is 44.8 Å². The molecule has 1 N–H and O–H groups in total. The number of hydrogen-bond acceptors (Lipinski definition) is 6. The summed E-state index contributed by atoms with van der Waals surface area (Å²) in [6, 6.07) is 5.71. The van der Waals surface area contributed by atoms with Gasteiger partial charge in [-0.2, -0.15) is 5.10 Å². The molecule has 1 aliphatic rings. The molecule has 0 spiro atoms. The summed E-state index contributed by atoms with van der Waals surface area (Å²) in [7, 11) is 1.61. The number of H-pyrrole nitrogens is 1. The summed E-state index contributed by atoms with van der Waals surface area (Å²) in [6.45, 7) is 3.65. The predicted octanol–water partition coefficient (Wildman–Crippen LogP) is 0.728. The first-order chi connectivity index (χ1) is 13.7. The molecule has 0 bridgehead atoms. The van der Waals surface area contributed by atoms with Crippen molar-refractivity contribution in [3.05, 3.63) is 52.8 Å². The van der Waals surface area contributed by atoms with Crippen LogP contribution in [0.1, 0.15) is 10.4 Å². The van der Waals surface area contributed by atoms with E-state index >= 15 is 0 Å². The van der Waals surface area contributed by atoms with Crippen molar-refractivity contribution < 1.29 is 9.53 Å². The summed E-state index contributed by atoms with van der Waals surface area (Å²) in [6.07, 6.45) is 4.72. The molecule has 1 aliphatic heterocycles. The second kappa shape index (κ2) is 7.81. The fourth-order valence-corrected chi connectivity index (χ4v) is 3.41. The van der Waals surface area contributed by atoms with E-state index < -0.39 is 0 Å². The molecule has 1 fully saturated rings. The van der Waals surface area contributed by atoms with Crippen LogP contribution in [0.25, 0.3) is 10.9 Å². The lowest BCUT2D eigenvalue weighted by Crippen LogP contribution is -2.48. The van der Waals surface area contributed by atoms with Gasteiger partial charge in [0, 0.05) is 45.2 Å². The number of rotatable bonds is 5. The highest BCUT2D eigenvalue weighted by atomic mass is 16.5. The summed E-state index contributed by atoms with van der Waals surface area (Å²) >= 11 is 0. The largest absolute Gasteiger partial charge is 0.383 e. The van der Waals surface area contributed by atoms with Crippen molar-refractivity contribution in [3.63, 3.8) is 0 Å². The molecule has 3 heterocycles. The van der Waals surface area contributed by atoms with Gasteiger partial charge in [0.1, 0.15) is 0 Å². The number of nitrogens with one attached hydrogen (secondary N) is 1. The quantitative estimate of drug-likeness (QED) is 0.699. The van der Waals surface area contributed by atoms with Crippen molar-refractivity contribution in [1.29, 1.82) is 0 Å². The molecule has 9 nitrogen and oxygen atoms in total. The van der Waals surface area contributed by atoms with E-state index in [2.05, 4.69) is 20.1 Å². The van der Waals surface area contributed by atoms with Crippen molar-refractivity contribution in [3.8, 4) is 0 Å². The maximum Gasteiger partial charge on any atom is 0.261 e. The number of piperazine rings is 1. The van der Waals surface area contributed by atoms with Gasteiger partial charge in [-0.25, -0.2) is 4.98 Å². The number of benzene rings is 1. The molecular weight excluding hydrogens is 360 g/mol. The fraction of sp³-hybridized carbons (Fsp3) is 0.368. The van der Waals surface area contributed by atoms with E-state index in [1.54, 1.807) is 30.4 Å². The molecule has 0 atom stereocenters. The smallest absolute Gasteiger partial charge is 0.261 e. The zero-order valence-corrected chi connectivity index (χ0v) is 15.7. The van der Waals surface area contributed by atoms with Gasteiger partial charge in [-0.1, -0.05) is 0 Å².